The van der Waals surface area contributed by atoms with E-state index in [1.807, 2.05) is 0 Å². The van der Waals surface area contributed by atoms with Crippen LogP contribution in [0.5, 0.6) is 0 Å². The molecule has 1 aromatic rings. The van der Waals surface area contributed by atoms with Crippen molar-refractivity contribution >= 4 is 46.4 Å². The van der Waals surface area contributed by atoms with Gasteiger partial charge < -0.3 is 9.53 Å². The van der Waals surface area contributed by atoms with Crippen LogP contribution < -0.4 is 5.32 Å². The Morgan fingerprint density at radius 1 is 1.65 bits per heavy atom. The smallest absolute Gasteiger partial charge is 0.413 e. The number of aldehydes is 1. The van der Waals surface area contributed by atoms with E-state index >= 15 is 0 Å². The maximum absolute atomic E-state index is 11.8. The van der Waals surface area contributed by atoms with Crippen molar-refractivity contribution in [2.75, 3.05) is 12.4 Å². The predicted molar refractivity (Wildman–Crippen MR) is 63.6 cm³/mol. The monoisotopic (exact) mass is 272 g/mol. The van der Waals surface area contributed by atoms with E-state index in [0.29, 0.717) is 27.7 Å². The molecular weight excluding hydrogens is 264 g/mol. The van der Waals surface area contributed by atoms with Crippen molar-refractivity contribution in [3.8, 4) is 0 Å². The number of fused-ring (bicyclic) bond motifs is 1. The van der Waals surface area contributed by atoms with Gasteiger partial charge in [-0.05, 0) is 0 Å². The fourth-order valence-electron chi connectivity index (χ4n) is 1.31. The summed E-state index contributed by atoms with van der Waals surface area (Å²) >= 11 is 2.30. The highest BCUT2D eigenvalue weighted by Gasteiger charge is 2.31. The molecule has 8 heteroatoms. The topological polar surface area (TPSA) is 85.4 Å². The highest BCUT2D eigenvalue weighted by atomic mass is 32.2. The number of anilines is 1. The van der Waals surface area contributed by atoms with Gasteiger partial charge >= 0.3 is 6.09 Å². The van der Waals surface area contributed by atoms with Crippen LogP contribution in [0.1, 0.15) is 15.4 Å². The molecule has 0 spiro atoms. The average molecular weight is 272 g/mol. The molecule has 6 nitrogen and oxygen atoms in total. The predicted octanol–water partition coefficient (Wildman–Crippen LogP) is 1.32. The summed E-state index contributed by atoms with van der Waals surface area (Å²) in [6, 6.07) is 0. The number of carbonyl (C=O) groups excluding carboxylic acids is 3. The zero-order chi connectivity index (χ0) is 12.4. The highest BCUT2D eigenvalue weighted by molar-refractivity contribution is 8.00. The van der Waals surface area contributed by atoms with Crippen LogP contribution in [-0.4, -0.2) is 35.5 Å². The van der Waals surface area contributed by atoms with E-state index in [2.05, 4.69) is 15.0 Å². The number of thiazole rings is 1. The lowest BCUT2D eigenvalue weighted by Crippen LogP contribution is -2.23. The van der Waals surface area contributed by atoms with E-state index in [4.69, 9.17) is 0 Å². The Morgan fingerprint density at radius 3 is 3.06 bits per heavy atom. The van der Waals surface area contributed by atoms with Gasteiger partial charge in [0.15, 0.2) is 10.9 Å². The molecule has 0 saturated heterocycles. The lowest BCUT2D eigenvalue weighted by atomic mass is 10.2. The van der Waals surface area contributed by atoms with Gasteiger partial charge in [0.05, 0.1) is 17.7 Å². The summed E-state index contributed by atoms with van der Waals surface area (Å²) in [6.45, 7) is 0. The lowest BCUT2D eigenvalue weighted by Gasteiger charge is -2.13. The van der Waals surface area contributed by atoms with Gasteiger partial charge in [-0.15, -0.1) is 11.8 Å². The molecule has 17 heavy (non-hydrogen) atoms. The molecule has 1 N–H and O–H groups in total. The molecule has 2 heterocycles. The highest BCUT2D eigenvalue weighted by Crippen LogP contribution is 2.34. The van der Waals surface area contributed by atoms with E-state index in [1.54, 1.807) is 0 Å². The first-order chi connectivity index (χ1) is 8.15. The molecule has 0 bridgehead atoms. The summed E-state index contributed by atoms with van der Waals surface area (Å²) in [5.74, 6) is 0.241. The van der Waals surface area contributed by atoms with Crippen LogP contribution in [0.2, 0.25) is 0 Å². The third kappa shape index (κ3) is 2.32. The zero-order valence-electron chi connectivity index (χ0n) is 8.76. The second kappa shape index (κ2) is 4.84. The standard InChI is InChI=1S/C9H8N2O4S2/c1-15-9(14)11-8-10-4-3-16-5(2-12)6(13)7(4)17-8/h2,5H,3H2,1H3,(H,10,11,14). The maximum Gasteiger partial charge on any atom is 0.413 e. The SMILES string of the molecule is COC(=O)Nc1nc2c(s1)C(=O)C(C=O)SC2. The van der Waals surface area contributed by atoms with E-state index in [1.165, 1.54) is 18.9 Å². The van der Waals surface area contributed by atoms with Gasteiger partial charge in [-0.25, -0.2) is 9.78 Å². The Balaban J connectivity index is 2.24. The number of nitrogens with zero attached hydrogens (tertiary/aromatic N) is 1. The van der Waals surface area contributed by atoms with Crippen LogP contribution in [0.25, 0.3) is 0 Å². The number of Topliss-reactive ketones (excluding diaryl/α,β-unsaturated/α-hetero) is 1. The van der Waals surface area contributed by atoms with Crippen LogP contribution >= 0.6 is 23.1 Å². The molecular formula is C9H8N2O4S2. The first-order valence-electron chi connectivity index (χ1n) is 4.61. The third-order valence-electron chi connectivity index (χ3n) is 2.10. The molecule has 1 amide bonds. The third-order valence-corrected chi connectivity index (χ3v) is 4.25. The van der Waals surface area contributed by atoms with E-state index in [-0.39, 0.29) is 5.78 Å². The second-order valence-corrected chi connectivity index (χ2v) is 5.27. The zero-order valence-corrected chi connectivity index (χ0v) is 10.4. The minimum Gasteiger partial charge on any atom is -0.453 e. The number of ether oxygens (including phenoxy) is 1. The van der Waals surface area contributed by atoms with Gasteiger partial charge in [-0.2, -0.15) is 0 Å². The Kier molecular flexibility index (Phi) is 3.43. The summed E-state index contributed by atoms with van der Waals surface area (Å²) in [5, 5.41) is 2.05. The summed E-state index contributed by atoms with van der Waals surface area (Å²) in [5.41, 5.74) is 0.606. The minimum absolute atomic E-state index is 0.248. The minimum atomic E-state index is -0.658. The van der Waals surface area contributed by atoms with Gasteiger partial charge in [0.1, 0.15) is 11.5 Å². The molecule has 1 unspecified atom stereocenters. The number of carbonyl (C=O) groups is 3. The molecule has 1 aliphatic rings. The van der Waals surface area contributed by atoms with Crippen LogP contribution in [0, 0.1) is 0 Å². The van der Waals surface area contributed by atoms with Crippen LogP contribution in [0.4, 0.5) is 9.93 Å². The first-order valence-corrected chi connectivity index (χ1v) is 6.48. The van der Waals surface area contributed by atoms with Crippen molar-refractivity contribution in [1.82, 2.24) is 4.98 Å². The van der Waals surface area contributed by atoms with Crippen molar-refractivity contribution in [3.05, 3.63) is 10.6 Å². The van der Waals surface area contributed by atoms with Crippen molar-refractivity contribution in [3.63, 3.8) is 0 Å². The van der Waals surface area contributed by atoms with E-state index in [9.17, 15) is 14.4 Å². The second-order valence-electron chi connectivity index (χ2n) is 3.14. The van der Waals surface area contributed by atoms with Crippen LogP contribution in [-0.2, 0) is 15.3 Å². The summed E-state index contributed by atoms with van der Waals surface area (Å²) in [4.78, 5) is 38.0. The quantitative estimate of drug-likeness (QED) is 0.645. The average Bonchev–Trinajstić information content (AvgIpc) is 2.73. The molecule has 2 rings (SSSR count). The first kappa shape index (κ1) is 12.1. The molecule has 0 fully saturated rings. The fraction of sp³-hybridized carbons (Fsp3) is 0.333. The van der Waals surface area contributed by atoms with Crippen molar-refractivity contribution < 1.29 is 19.1 Å². The van der Waals surface area contributed by atoms with Crippen molar-refractivity contribution in [2.45, 2.75) is 11.0 Å². The number of methoxy groups -OCH3 is 1. The number of aromatic nitrogens is 1. The van der Waals surface area contributed by atoms with E-state index in [0.717, 1.165) is 11.3 Å². The Hall–Kier alpha value is -1.41. The Bertz CT molecular complexity index is 485. The molecule has 1 atom stereocenters. The maximum atomic E-state index is 11.8. The van der Waals surface area contributed by atoms with Crippen molar-refractivity contribution in [2.24, 2.45) is 0 Å². The van der Waals surface area contributed by atoms with Gasteiger partial charge in [0, 0.05) is 5.75 Å². The number of ketones is 1. The largest absolute Gasteiger partial charge is 0.453 e. The van der Waals surface area contributed by atoms with Gasteiger partial charge in [0.2, 0.25) is 0 Å². The number of hydrogen-bond acceptors (Lipinski definition) is 7. The van der Waals surface area contributed by atoms with Crippen molar-refractivity contribution in [1.29, 1.82) is 0 Å². The molecule has 1 aliphatic heterocycles. The van der Waals surface area contributed by atoms with Crippen LogP contribution in [0.15, 0.2) is 0 Å². The summed E-state index contributed by atoms with van der Waals surface area (Å²) in [7, 11) is 1.24. The van der Waals surface area contributed by atoms with Gasteiger partial charge in [-0.1, -0.05) is 11.3 Å². The molecule has 90 valence electrons. The number of nitrogens with one attached hydrogen (secondary N) is 1. The lowest BCUT2D eigenvalue weighted by molar-refractivity contribution is -0.106. The van der Waals surface area contributed by atoms with Gasteiger partial charge in [-0.3, -0.25) is 10.1 Å². The molecule has 0 aliphatic carbocycles. The number of hydrogen-bond donors (Lipinski definition) is 1. The Labute approximate surface area is 105 Å². The molecule has 0 saturated carbocycles. The number of amides is 1. The molecule has 0 radical (unpaired) electrons. The Morgan fingerprint density at radius 2 is 2.41 bits per heavy atom. The fourth-order valence-corrected chi connectivity index (χ4v) is 3.32. The van der Waals surface area contributed by atoms with Crippen LogP contribution in [0.3, 0.4) is 0 Å². The number of thioether (sulfide) groups is 1. The molecule has 0 aromatic carbocycles. The molecule has 1 aromatic heterocycles. The number of rotatable bonds is 2. The van der Waals surface area contributed by atoms with Gasteiger partial charge in [0.25, 0.3) is 0 Å². The summed E-state index contributed by atoms with van der Waals surface area (Å²) in [6.07, 6.45) is -0.00794. The normalized spacial score (nSPS) is 18.4. The van der Waals surface area contributed by atoms with E-state index < -0.39 is 11.3 Å². The summed E-state index contributed by atoms with van der Waals surface area (Å²) < 4.78 is 4.43.